The molecule has 1 aromatic carbocycles. The normalized spacial score (nSPS) is 13.2. The quantitative estimate of drug-likeness (QED) is 0.905. The van der Waals surface area contributed by atoms with Gasteiger partial charge in [0.05, 0.1) is 0 Å². The van der Waals surface area contributed by atoms with Crippen LogP contribution in [0.5, 0.6) is 0 Å². The number of hydrogen-bond donors (Lipinski definition) is 1. The fraction of sp³-hybridized carbons (Fsp3) is 0.353. The summed E-state index contributed by atoms with van der Waals surface area (Å²) in [5, 5.41) is 0. The van der Waals surface area contributed by atoms with E-state index in [1.807, 2.05) is 6.20 Å². The molecule has 106 valence electrons. The van der Waals surface area contributed by atoms with Crippen molar-refractivity contribution in [2.75, 3.05) is 0 Å². The molecule has 2 N–H and O–H groups in total. The Hall–Kier alpha value is -1.19. The number of benzene rings is 1. The lowest BCUT2D eigenvalue weighted by Crippen LogP contribution is -2.15. The Balaban J connectivity index is 2.11. The Bertz CT molecular complexity index is 570. The van der Waals surface area contributed by atoms with Gasteiger partial charge in [-0.3, -0.25) is 4.98 Å². The number of pyridine rings is 1. The summed E-state index contributed by atoms with van der Waals surface area (Å²) in [6.07, 6.45) is 4.45. The maximum Gasteiger partial charge on any atom is 0.0410 e. The van der Waals surface area contributed by atoms with Gasteiger partial charge in [-0.25, -0.2) is 0 Å². The molecule has 0 aliphatic rings. The van der Waals surface area contributed by atoms with E-state index in [2.05, 4.69) is 72.0 Å². The second kappa shape index (κ2) is 6.06. The van der Waals surface area contributed by atoms with E-state index < -0.39 is 0 Å². The Morgan fingerprint density at radius 3 is 2.35 bits per heavy atom. The minimum Gasteiger partial charge on any atom is -0.324 e. The SMILES string of the molecule is CC(C)(C)c1ccc(C(N)Cc2cncc(Br)c2)cc1. The largest absolute Gasteiger partial charge is 0.324 e. The van der Waals surface area contributed by atoms with Crippen LogP contribution in [0.1, 0.15) is 43.5 Å². The molecule has 2 nitrogen and oxygen atoms in total. The van der Waals surface area contributed by atoms with E-state index in [9.17, 15) is 0 Å². The topological polar surface area (TPSA) is 38.9 Å². The van der Waals surface area contributed by atoms with Gasteiger partial charge in [0.15, 0.2) is 0 Å². The Morgan fingerprint density at radius 1 is 1.15 bits per heavy atom. The first-order valence-electron chi connectivity index (χ1n) is 6.82. The molecule has 3 heteroatoms. The van der Waals surface area contributed by atoms with Gasteiger partial charge in [-0.1, -0.05) is 45.0 Å². The number of hydrogen-bond acceptors (Lipinski definition) is 2. The third-order valence-corrected chi connectivity index (χ3v) is 3.86. The van der Waals surface area contributed by atoms with Crippen molar-refractivity contribution in [1.82, 2.24) is 4.98 Å². The number of nitrogens with zero attached hydrogens (tertiary/aromatic N) is 1. The van der Waals surface area contributed by atoms with Crippen molar-refractivity contribution in [2.45, 2.75) is 38.6 Å². The molecule has 0 aliphatic carbocycles. The number of nitrogens with two attached hydrogens (primary N) is 1. The summed E-state index contributed by atoms with van der Waals surface area (Å²) in [5.74, 6) is 0. The van der Waals surface area contributed by atoms with Crippen LogP contribution in [0.3, 0.4) is 0 Å². The molecular formula is C17H21BrN2. The molecule has 1 atom stereocenters. The molecule has 0 fully saturated rings. The van der Waals surface area contributed by atoms with E-state index >= 15 is 0 Å². The van der Waals surface area contributed by atoms with Crippen molar-refractivity contribution in [3.05, 3.63) is 63.9 Å². The molecule has 20 heavy (non-hydrogen) atoms. The second-order valence-electron chi connectivity index (χ2n) is 6.19. The Morgan fingerprint density at radius 2 is 1.80 bits per heavy atom. The highest BCUT2D eigenvalue weighted by Crippen LogP contribution is 2.24. The van der Waals surface area contributed by atoms with Crippen LogP contribution in [0.4, 0.5) is 0 Å². The first kappa shape index (κ1) is 15.2. The third-order valence-electron chi connectivity index (χ3n) is 3.42. The molecule has 1 unspecified atom stereocenters. The van der Waals surface area contributed by atoms with Crippen LogP contribution < -0.4 is 5.73 Å². The highest BCUT2D eigenvalue weighted by molar-refractivity contribution is 9.10. The van der Waals surface area contributed by atoms with Crippen LogP contribution in [0, 0.1) is 0 Å². The summed E-state index contributed by atoms with van der Waals surface area (Å²) in [5.41, 5.74) is 10.1. The molecular weight excluding hydrogens is 312 g/mol. The van der Waals surface area contributed by atoms with E-state index in [1.54, 1.807) is 6.20 Å². The van der Waals surface area contributed by atoms with Gasteiger partial charge in [-0.2, -0.15) is 0 Å². The van der Waals surface area contributed by atoms with Crippen LogP contribution >= 0.6 is 15.9 Å². The number of rotatable bonds is 3. The van der Waals surface area contributed by atoms with E-state index in [1.165, 1.54) is 5.56 Å². The van der Waals surface area contributed by atoms with Crippen LogP contribution in [-0.4, -0.2) is 4.98 Å². The zero-order chi connectivity index (χ0) is 14.8. The average Bonchev–Trinajstić information content (AvgIpc) is 2.38. The molecule has 0 aliphatic heterocycles. The van der Waals surface area contributed by atoms with Crippen LogP contribution in [-0.2, 0) is 11.8 Å². The van der Waals surface area contributed by atoms with E-state index in [0.29, 0.717) is 0 Å². The first-order valence-corrected chi connectivity index (χ1v) is 7.61. The Labute approximate surface area is 129 Å². The lowest BCUT2D eigenvalue weighted by Gasteiger charge is -2.20. The summed E-state index contributed by atoms with van der Waals surface area (Å²) in [6.45, 7) is 6.65. The van der Waals surface area contributed by atoms with Crippen molar-refractivity contribution in [3.8, 4) is 0 Å². The van der Waals surface area contributed by atoms with Gasteiger partial charge in [0.25, 0.3) is 0 Å². The maximum absolute atomic E-state index is 6.29. The zero-order valence-electron chi connectivity index (χ0n) is 12.2. The number of aromatic nitrogens is 1. The van der Waals surface area contributed by atoms with Gasteiger partial charge in [-0.05, 0) is 50.5 Å². The van der Waals surface area contributed by atoms with Gasteiger partial charge >= 0.3 is 0 Å². The van der Waals surface area contributed by atoms with E-state index in [-0.39, 0.29) is 11.5 Å². The minimum absolute atomic E-state index is 0.000110. The smallest absolute Gasteiger partial charge is 0.0410 e. The van der Waals surface area contributed by atoms with Crippen LogP contribution in [0.2, 0.25) is 0 Å². The van der Waals surface area contributed by atoms with Gasteiger partial charge < -0.3 is 5.73 Å². The summed E-state index contributed by atoms with van der Waals surface area (Å²) in [4.78, 5) is 4.17. The standard InChI is InChI=1S/C17H21BrN2/c1-17(2,3)14-6-4-13(5-7-14)16(19)9-12-8-15(18)11-20-10-12/h4-8,10-11,16H,9,19H2,1-3H3. The highest BCUT2D eigenvalue weighted by Gasteiger charge is 2.14. The van der Waals surface area contributed by atoms with Crippen LogP contribution in [0.25, 0.3) is 0 Å². The summed E-state index contributed by atoms with van der Waals surface area (Å²) >= 11 is 3.44. The maximum atomic E-state index is 6.29. The molecule has 2 rings (SSSR count). The van der Waals surface area contributed by atoms with Crippen molar-refractivity contribution in [1.29, 1.82) is 0 Å². The third kappa shape index (κ3) is 3.90. The summed E-state index contributed by atoms with van der Waals surface area (Å²) in [7, 11) is 0. The van der Waals surface area contributed by atoms with Crippen LogP contribution in [0.15, 0.2) is 47.2 Å². The second-order valence-corrected chi connectivity index (χ2v) is 7.11. The first-order chi connectivity index (χ1) is 9.36. The monoisotopic (exact) mass is 332 g/mol. The molecule has 1 heterocycles. The lowest BCUT2D eigenvalue weighted by atomic mass is 9.86. The predicted molar refractivity (Wildman–Crippen MR) is 87.7 cm³/mol. The van der Waals surface area contributed by atoms with Crippen molar-refractivity contribution >= 4 is 15.9 Å². The van der Waals surface area contributed by atoms with Gasteiger partial charge in [0, 0.05) is 22.9 Å². The highest BCUT2D eigenvalue weighted by atomic mass is 79.9. The van der Waals surface area contributed by atoms with E-state index in [4.69, 9.17) is 5.73 Å². The molecule has 0 bridgehead atoms. The molecule has 0 saturated heterocycles. The van der Waals surface area contributed by atoms with Gasteiger partial charge in [0.1, 0.15) is 0 Å². The summed E-state index contributed by atoms with van der Waals surface area (Å²) < 4.78 is 0.991. The van der Waals surface area contributed by atoms with E-state index in [0.717, 1.165) is 22.0 Å². The lowest BCUT2D eigenvalue weighted by molar-refractivity contribution is 0.589. The molecule has 2 aromatic rings. The van der Waals surface area contributed by atoms with Gasteiger partial charge in [-0.15, -0.1) is 0 Å². The molecule has 0 amide bonds. The fourth-order valence-electron chi connectivity index (χ4n) is 2.17. The zero-order valence-corrected chi connectivity index (χ0v) is 13.8. The fourth-order valence-corrected chi connectivity index (χ4v) is 2.58. The molecule has 0 spiro atoms. The van der Waals surface area contributed by atoms with Crippen molar-refractivity contribution < 1.29 is 0 Å². The molecule has 0 saturated carbocycles. The Kier molecular flexibility index (Phi) is 4.61. The predicted octanol–water partition coefficient (Wildman–Crippen LogP) is 4.38. The minimum atomic E-state index is 0.000110. The van der Waals surface area contributed by atoms with Gasteiger partial charge in [0.2, 0.25) is 0 Å². The van der Waals surface area contributed by atoms with Crippen molar-refractivity contribution in [3.63, 3.8) is 0 Å². The molecule has 0 radical (unpaired) electrons. The number of halogens is 1. The molecule has 1 aromatic heterocycles. The summed E-state index contributed by atoms with van der Waals surface area (Å²) in [6, 6.07) is 10.7. The van der Waals surface area contributed by atoms with Crippen molar-refractivity contribution in [2.24, 2.45) is 5.73 Å². The average molecular weight is 333 g/mol.